The van der Waals surface area contributed by atoms with Crippen LogP contribution in [0.4, 0.5) is 0 Å². The largest absolute Gasteiger partial charge is 0.488 e. The molecule has 0 aliphatic carbocycles. The SMILES string of the molecule is NCc1cnc2ccccc2c1OCc1ccc(Cl)cc1. The van der Waals surface area contributed by atoms with Gasteiger partial charge in [0.25, 0.3) is 0 Å². The van der Waals surface area contributed by atoms with E-state index in [9.17, 15) is 0 Å². The number of pyridine rings is 1. The number of ether oxygens (including phenoxy) is 1. The molecule has 0 radical (unpaired) electrons. The number of hydrogen-bond acceptors (Lipinski definition) is 3. The van der Waals surface area contributed by atoms with Gasteiger partial charge in [-0.05, 0) is 29.8 Å². The van der Waals surface area contributed by atoms with E-state index >= 15 is 0 Å². The zero-order valence-corrected chi connectivity index (χ0v) is 12.2. The van der Waals surface area contributed by atoms with Crippen LogP contribution in [0.1, 0.15) is 11.1 Å². The van der Waals surface area contributed by atoms with E-state index in [4.69, 9.17) is 22.1 Å². The number of halogens is 1. The summed E-state index contributed by atoms with van der Waals surface area (Å²) in [7, 11) is 0. The number of aromatic nitrogens is 1. The fraction of sp³-hybridized carbons (Fsp3) is 0.118. The number of nitrogens with zero attached hydrogens (tertiary/aromatic N) is 1. The first-order chi connectivity index (χ1) is 10.3. The Morgan fingerprint density at radius 3 is 2.57 bits per heavy atom. The van der Waals surface area contributed by atoms with Gasteiger partial charge < -0.3 is 10.5 Å². The highest BCUT2D eigenvalue weighted by atomic mass is 35.5. The van der Waals surface area contributed by atoms with Gasteiger partial charge in [0.2, 0.25) is 0 Å². The highest BCUT2D eigenvalue weighted by Gasteiger charge is 2.09. The van der Waals surface area contributed by atoms with Crippen molar-refractivity contribution in [3.05, 3.63) is 70.9 Å². The smallest absolute Gasteiger partial charge is 0.135 e. The lowest BCUT2D eigenvalue weighted by atomic mass is 10.1. The standard InChI is InChI=1S/C17H15ClN2O/c18-14-7-5-12(6-8-14)11-21-17-13(9-19)10-20-16-4-2-1-3-15(16)17/h1-8,10H,9,11,19H2. The molecule has 3 aromatic rings. The summed E-state index contributed by atoms with van der Waals surface area (Å²) in [5.41, 5.74) is 8.66. The molecule has 2 aromatic carbocycles. The van der Waals surface area contributed by atoms with Crippen LogP contribution in [0.25, 0.3) is 10.9 Å². The summed E-state index contributed by atoms with van der Waals surface area (Å²) in [6.45, 7) is 0.867. The van der Waals surface area contributed by atoms with Gasteiger partial charge in [0.05, 0.1) is 5.52 Å². The molecule has 0 amide bonds. The summed E-state index contributed by atoms with van der Waals surface area (Å²) in [5, 5.41) is 1.70. The molecule has 0 atom stereocenters. The van der Waals surface area contributed by atoms with Crippen molar-refractivity contribution in [1.82, 2.24) is 4.98 Å². The topological polar surface area (TPSA) is 48.1 Å². The molecular weight excluding hydrogens is 284 g/mol. The summed E-state index contributed by atoms with van der Waals surface area (Å²) in [4.78, 5) is 4.40. The average Bonchev–Trinajstić information content (AvgIpc) is 2.54. The molecule has 0 saturated carbocycles. The molecule has 21 heavy (non-hydrogen) atoms. The van der Waals surface area contributed by atoms with Crippen molar-refractivity contribution in [2.75, 3.05) is 0 Å². The van der Waals surface area contributed by atoms with E-state index in [-0.39, 0.29) is 0 Å². The summed E-state index contributed by atoms with van der Waals surface area (Å²) in [6, 6.07) is 15.5. The monoisotopic (exact) mass is 298 g/mol. The fourth-order valence-corrected chi connectivity index (χ4v) is 2.34. The molecule has 2 N–H and O–H groups in total. The van der Waals surface area contributed by atoms with Crippen molar-refractivity contribution >= 4 is 22.5 Å². The molecule has 0 bridgehead atoms. The Morgan fingerprint density at radius 1 is 1.05 bits per heavy atom. The normalized spacial score (nSPS) is 10.8. The highest BCUT2D eigenvalue weighted by Crippen LogP contribution is 2.28. The molecule has 3 rings (SSSR count). The molecule has 0 aliphatic rings. The Bertz CT molecular complexity index is 756. The molecule has 0 saturated heterocycles. The molecule has 106 valence electrons. The van der Waals surface area contributed by atoms with E-state index < -0.39 is 0 Å². The van der Waals surface area contributed by atoms with Crippen molar-refractivity contribution in [3.63, 3.8) is 0 Å². The third kappa shape index (κ3) is 2.99. The van der Waals surface area contributed by atoms with Gasteiger partial charge in [-0.15, -0.1) is 0 Å². The summed E-state index contributed by atoms with van der Waals surface area (Å²) in [6.07, 6.45) is 1.78. The Morgan fingerprint density at radius 2 is 1.81 bits per heavy atom. The van der Waals surface area contributed by atoms with E-state index in [2.05, 4.69) is 4.98 Å². The van der Waals surface area contributed by atoms with E-state index in [1.54, 1.807) is 6.20 Å². The summed E-state index contributed by atoms with van der Waals surface area (Å²) in [5.74, 6) is 0.804. The van der Waals surface area contributed by atoms with Crippen molar-refractivity contribution < 1.29 is 4.74 Å². The maximum atomic E-state index is 6.00. The lowest BCUT2D eigenvalue weighted by Crippen LogP contribution is -2.04. The van der Waals surface area contributed by atoms with Crippen molar-refractivity contribution in [1.29, 1.82) is 0 Å². The molecule has 3 nitrogen and oxygen atoms in total. The Kier molecular flexibility index (Phi) is 4.04. The first-order valence-electron chi connectivity index (χ1n) is 6.72. The van der Waals surface area contributed by atoms with Gasteiger partial charge in [0.1, 0.15) is 12.4 Å². The van der Waals surface area contributed by atoms with Gasteiger partial charge in [-0.3, -0.25) is 4.98 Å². The van der Waals surface area contributed by atoms with Crippen LogP contribution in [0, 0.1) is 0 Å². The molecule has 0 spiro atoms. The predicted octanol–water partition coefficient (Wildman–Crippen LogP) is 3.93. The van der Waals surface area contributed by atoms with Crippen LogP contribution in [0.3, 0.4) is 0 Å². The molecule has 4 heteroatoms. The summed E-state index contributed by atoms with van der Waals surface area (Å²) >= 11 is 5.89. The van der Waals surface area contributed by atoms with Crippen LogP contribution in [0.5, 0.6) is 5.75 Å². The Balaban J connectivity index is 1.93. The van der Waals surface area contributed by atoms with Crippen LogP contribution >= 0.6 is 11.6 Å². The zero-order valence-electron chi connectivity index (χ0n) is 11.4. The maximum Gasteiger partial charge on any atom is 0.135 e. The number of rotatable bonds is 4. The number of nitrogens with two attached hydrogens (primary N) is 1. The first kappa shape index (κ1) is 13.9. The van der Waals surface area contributed by atoms with Crippen molar-refractivity contribution in [2.24, 2.45) is 5.73 Å². The fourth-order valence-electron chi connectivity index (χ4n) is 2.21. The second kappa shape index (κ2) is 6.12. The van der Waals surface area contributed by atoms with Crippen LogP contribution in [-0.4, -0.2) is 4.98 Å². The Labute approximate surface area is 128 Å². The lowest BCUT2D eigenvalue weighted by Gasteiger charge is -2.13. The highest BCUT2D eigenvalue weighted by molar-refractivity contribution is 6.30. The predicted molar refractivity (Wildman–Crippen MR) is 85.4 cm³/mol. The first-order valence-corrected chi connectivity index (χ1v) is 7.09. The van der Waals surface area contributed by atoms with Crippen molar-refractivity contribution in [2.45, 2.75) is 13.2 Å². The van der Waals surface area contributed by atoms with E-state index in [1.807, 2.05) is 48.5 Å². The van der Waals surface area contributed by atoms with Gasteiger partial charge in [-0.1, -0.05) is 35.9 Å². The third-order valence-corrected chi connectivity index (χ3v) is 3.57. The van der Waals surface area contributed by atoms with Crippen molar-refractivity contribution in [3.8, 4) is 5.75 Å². The summed E-state index contributed by atoms with van der Waals surface area (Å²) < 4.78 is 6.00. The maximum absolute atomic E-state index is 6.00. The van der Waals surface area contributed by atoms with Gasteiger partial charge in [-0.2, -0.15) is 0 Å². The number of hydrogen-bond donors (Lipinski definition) is 1. The van der Waals surface area contributed by atoms with Crippen LogP contribution in [0.2, 0.25) is 5.02 Å². The molecular formula is C17H15ClN2O. The van der Waals surface area contributed by atoms with Crippen LogP contribution in [-0.2, 0) is 13.2 Å². The second-order valence-corrected chi connectivity index (χ2v) is 5.19. The minimum atomic E-state index is 0.397. The number of benzene rings is 2. The molecule has 0 aliphatic heterocycles. The van der Waals surface area contributed by atoms with E-state index in [0.717, 1.165) is 32.8 Å². The number of para-hydroxylation sites is 1. The number of fused-ring (bicyclic) bond motifs is 1. The van der Waals surface area contributed by atoms with Gasteiger partial charge in [-0.25, -0.2) is 0 Å². The minimum absolute atomic E-state index is 0.397. The van der Waals surface area contributed by atoms with Crippen LogP contribution < -0.4 is 10.5 Å². The van der Waals surface area contributed by atoms with E-state index in [0.29, 0.717) is 13.2 Å². The second-order valence-electron chi connectivity index (χ2n) is 4.75. The zero-order chi connectivity index (χ0) is 14.7. The van der Waals surface area contributed by atoms with Gasteiger partial charge in [0.15, 0.2) is 0 Å². The lowest BCUT2D eigenvalue weighted by molar-refractivity contribution is 0.306. The van der Waals surface area contributed by atoms with Gasteiger partial charge >= 0.3 is 0 Å². The molecule has 0 unspecified atom stereocenters. The van der Waals surface area contributed by atoms with E-state index in [1.165, 1.54) is 0 Å². The molecule has 0 fully saturated rings. The molecule has 1 heterocycles. The van der Waals surface area contributed by atoms with Gasteiger partial charge in [0, 0.05) is 28.7 Å². The van der Waals surface area contributed by atoms with Crippen LogP contribution in [0.15, 0.2) is 54.7 Å². The quantitative estimate of drug-likeness (QED) is 0.794. The average molecular weight is 299 g/mol. The minimum Gasteiger partial charge on any atom is -0.488 e. The molecule has 1 aromatic heterocycles. The Hall–Kier alpha value is -2.10. The third-order valence-electron chi connectivity index (χ3n) is 3.32.